The second-order valence-electron chi connectivity index (χ2n) is 3.33. The van der Waals surface area contributed by atoms with E-state index in [2.05, 4.69) is 26.3 Å². The third kappa shape index (κ3) is 2.22. The standard InChI is InChI=1S/C9H14BrN3O/c1-6(2)13-9(7(10)4-12-13)8(14)5-11-3/h4,6,11H,5H2,1-3H3. The van der Waals surface area contributed by atoms with Crippen LogP contribution in [0.1, 0.15) is 30.4 Å². The summed E-state index contributed by atoms with van der Waals surface area (Å²) in [6.07, 6.45) is 1.66. The molecule has 0 spiro atoms. The van der Waals surface area contributed by atoms with Crippen molar-refractivity contribution in [2.45, 2.75) is 19.9 Å². The van der Waals surface area contributed by atoms with E-state index in [1.165, 1.54) is 0 Å². The van der Waals surface area contributed by atoms with Gasteiger partial charge in [0, 0.05) is 6.04 Å². The Balaban J connectivity index is 3.04. The zero-order valence-electron chi connectivity index (χ0n) is 8.54. The minimum absolute atomic E-state index is 0.0468. The van der Waals surface area contributed by atoms with Crippen LogP contribution in [0.3, 0.4) is 0 Å². The molecule has 0 atom stereocenters. The molecule has 0 bridgehead atoms. The Labute approximate surface area is 91.8 Å². The summed E-state index contributed by atoms with van der Waals surface area (Å²) in [6, 6.07) is 0.192. The van der Waals surface area contributed by atoms with E-state index in [0.29, 0.717) is 12.2 Å². The number of nitrogens with zero attached hydrogens (tertiary/aromatic N) is 2. The molecule has 0 saturated heterocycles. The molecule has 0 aliphatic carbocycles. The largest absolute Gasteiger partial charge is 0.313 e. The monoisotopic (exact) mass is 259 g/mol. The highest BCUT2D eigenvalue weighted by Gasteiger charge is 2.17. The van der Waals surface area contributed by atoms with Gasteiger partial charge in [0.25, 0.3) is 0 Å². The van der Waals surface area contributed by atoms with Crippen molar-refractivity contribution >= 4 is 21.7 Å². The van der Waals surface area contributed by atoms with Crippen molar-refractivity contribution in [1.29, 1.82) is 0 Å². The summed E-state index contributed by atoms with van der Waals surface area (Å²) >= 11 is 3.32. The van der Waals surface area contributed by atoms with Gasteiger partial charge in [0.1, 0.15) is 5.69 Å². The predicted molar refractivity (Wildman–Crippen MR) is 58.6 cm³/mol. The highest BCUT2D eigenvalue weighted by Crippen LogP contribution is 2.19. The topological polar surface area (TPSA) is 46.9 Å². The maximum atomic E-state index is 11.7. The molecule has 1 aromatic rings. The summed E-state index contributed by atoms with van der Waals surface area (Å²) in [5.74, 6) is 0.0468. The van der Waals surface area contributed by atoms with Gasteiger partial charge in [0.05, 0.1) is 17.2 Å². The molecule has 0 radical (unpaired) electrons. The zero-order valence-corrected chi connectivity index (χ0v) is 10.1. The van der Waals surface area contributed by atoms with Gasteiger partial charge in [0.15, 0.2) is 5.78 Å². The van der Waals surface area contributed by atoms with Crippen molar-refractivity contribution in [3.8, 4) is 0 Å². The van der Waals surface area contributed by atoms with Crippen molar-refractivity contribution < 1.29 is 4.79 Å². The number of Topliss-reactive ketones (excluding diaryl/α,β-unsaturated/α-hetero) is 1. The maximum absolute atomic E-state index is 11.7. The molecule has 0 aliphatic heterocycles. The van der Waals surface area contributed by atoms with E-state index in [-0.39, 0.29) is 11.8 Å². The lowest BCUT2D eigenvalue weighted by atomic mass is 10.2. The number of aromatic nitrogens is 2. The maximum Gasteiger partial charge on any atom is 0.195 e. The minimum Gasteiger partial charge on any atom is -0.313 e. The van der Waals surface area contributed by atoms with Gasteiger partial charge in [-0.2, -0.15) is 5.10 Å². The van der Waals surface area contributed by atoms with Crippen LogP contribution in [-0.2, 0) is 0 Å². The van der Waals surface area contributed by atoms with Gasteiger partial charge in [-0.1, -0.05) is 0 Å². The fourth-order valence-electron chi connectivity index (χ4n) is 1.24. The molecule has 0 aliphatic rings. The highest BCUT2D eigenvalue weighted by molar-refractivity contribution is 9.10. The Morgan fingerprint density at radius 1 is 1.71 bits per heavy atom. The van der Waals surface area contributed by atoms with Crippen molar-refractivity contribution in [2.75, 3.05) is 13.6 Å². The molecule has 0 fully saturated rings. The molecule has 0 saturated carbocycles. The second kappa shape index (κ2) is 4.70. The highest BCUT2D eigenvalue weighted by atomic mass is 79.9. The number of hydrogen-bond acceptors (Lipinski definition) is 3. The molecular formula is C9H14BrN3O. The first kappa shape index (κ1) is 11.4. The van der Waals surface area contributed by atoms with Gasteiger partial charge < -0.3 is 5.32 Å². The summed E-state index contributed by atoms with van der Waals surface area (Å²) in [4.78, 5) is 11.7. The molecular weight excluding hydrogens is 246 g/mol. The first-order valence-electron chi connectivity index (χ1n) is 4.48. The van der Waals surface area contributed by atoms with Crippen molar-refractivity contribution in [1.82, 2.24) is 15.1 Å². The predicted octanol–water partition coefficient (Wildman–Crippen LogP) is 1.63. The average molecular weight is 260 g/mol. The van der Waals surface area contributed by atoms with Crippen LogP contribution in [-0.4, -0.2) is 29.2 Å². The molecule has 1 aromatic heterocycles. The van der Waals surface area contributed by atoms with E-state index in [1.807, 2.05) is 13.8 Å². The summed E-state index contributed by atoms with van der Waals surface area (Å²) < 4.78 is 2.48. The minimum atomic E-state index is 0.0468. The van der Waals surface area contributed by atoms with Crippen molar-refractivity contribution in [3.63, 3.8) is 0 Å². The van der Waals surface area contributed by atoms with E-state index in [4.69, 9.17) is 0 Å². The van der Waals surface area contributed by atoms with Gasteiger partial charge in [-0.3, -0.25) is 9.48 Å². The number of likely N-dealkylation sites (N-methyl/N-ethyl adjacent to an activating group) is 1. The summed E-state index contributed by atoms with van der Waals surface area (Å²) in [5, 5.41) is 6.98. The molecule has 0 unspecified atom stereocenters. The molecule has 5 heteroatoms. The molecule has 1 heterocycles. The van der Waals surface area contributed by atoms with E-state index >= 15 is 0 Å². The van der Waals surface area contributed by atoms with E-state index < -0.39 is 0 Å². The average Bonchev–Trinajstić information content (AvgIpc) is 2.47. The van der Waals surface area contributed by atoms with Crippen LogP contribution in [0.25, 0.3) is 0 Å². The molecule has 0 aromatic carbocycles. The van der Waals surface area contributed by atoms with Crippen LogP contribution >= 0.6 is 15.9 Å². The lowest BCUT2D eigenvalue weighted by Gasteiger charge is -2.10. The number of carbonyl (C=O) groups is 1. The van der Waals surface area contributed by atoms with E-state index in [0.717, 1.165) is 4.47 Å². The number of carbonyl (C=O) groups excluding carboxylic acids is 1. The summed E-state index contributed by atoms with van der Waals surface area (Å²) in [6.45, 7) is 4.32. The Morgan fingerprint density at radius 2 is 2.36 bits per heavy atom. The van der Waals surface area contributed by atoms with Gasteiger partial charge in [-0.05, 0) is 36.8 Å². The summed E-state index contributed by atoms with van der Waals surface area (Å²) in [5.41, 5.74) is 0.634. The Bertz CT molecular complexity index is 333. The zero-order chi connectivity index (χ0) is 10.7. The number of halogens is 1. The molecule has 1 rings (SSSR count). The molecule has 78 valence electrons. The fraction of sp³-hybridized carbons (Fsp3) is 0.556. The third-order valence-electron chi connectivity index (χ3n) is 1.84. The van der Waals surface area contributed by atoms with Crippen molar-refractivity contribution in [2.24, 2.45) is 0 Å². The second-order valence-corrected chi connectivity index (χ2v) is 4.19. The SMILES string of the molecule is CNCC(=O)c1c(Br)cnn1C(C)C. The van der Waals surface area contributed by atoms with Crippen LogP contribution in [0, 0.1) is 0 Å². The van der Waals surface area contributed by atoms with E-state index in [9.17, 15) is 4.79 Å². The van der Waals surface area contributed by atoms with Crippen LogP contribution < -0.4 is 5.32 Å². The molecule has 1 N–H and O–H groups in total. The van der Waals surface area contributed by atoms with Crippen molar-refractivity contribution in [3.05, 3.63) is 16.4 Å². The normalized spacial score (nSPS) is 10.9. The molecule has 4 nitrogen and oxygen atoms in total. The Hall–Kier alpha value is -0.680. The number of ketones is 1. The van der Waals surface area contributed by atoms with Crippen LogP contribution in [0.2, 0.25) is 0 Å². The Kier molecular flexibility index (Phi) is 3.83. The first-order valence-corrected chi connectivity index (χ1v) is 5.28. The third-order valence-corrected chi connectivity index (χ3v) is 2.42. The quantitative estimate of drug-likeness (QED) is 0.837. The number of rotatable bonds is 4. The Morgan fingerprint density at radius 3 is 2.86 bits per heavy atom. The fourth-order valence-corrected chi connectivity index (χ4v) is 1.73. The first-order chi connectivity index (χ1) is 6.57. The lowest BCUT2D eigenvalue weighted by Crippen LogP contribution is -2.22. The molecule has 14 heavy (non-hydrogen) atoms. The van der Waals surface area contributed by atoms with Gasteiger partial charge in [0.2, 0.25) is 0 Å². The lowest BCUT2D eigenvalue weighted by molar-refractivity contribution is 0.0980. The van der Waals surface area contributed by atoms with E-state index in [1.54, 1.807) is 17.9 Å². The van der Waals surface area contributed by atoms with Crippen LogP contribution in [0.5, 0.6) is 0 Å². The molecule has 0 amide bonds. The number of hydrogen-bond donors (Lipinski definition) is 1. The smallest absolute Gasteiger partial charge is 0.195 e. The van der Waals surface area contributed by atoms with Crippen LogP contribution in [0.15, 0.2) is 10.7 Å². The van der Waals surface area contributed by atoms with Gasteiger partial charge >= 0.3 is 0 Å². The number of nitrogens with one attached hydrogen (secondary N) is 1. The van der Waals surface area contributed by atoms with Gasteiger partial charge in [-0.15, -0.1) is 0 Å². The summed E-state index contributed by atoms with van der Waals surface area (Å²) in [7, 11) is 1.75. The van der Waals surface area contributed by atoms with Crippen LogP contribution in [0.4, 0.5) is 0 Å². The van der Waals surface area contributed by atoms with Gasteiger partial charge in [-0.25, -0.2) is 0 Å².